The van der Waals surface area contributed by atoms with Crippen molar-refractivity contribution in [1.29, 1.82) is 0 Å². The van der Waals surface area contributed by atoms with Crippen LogP contribution >= 0.6 is 15.9 Å². The third kappa shape index (κ3) is 4.05. The lowest BCUT2D eigenvalue weighted by Gasteiger charge is -2.17. The fourth-order valence-electron chi connectivity index (χ4n) is 2.15. The molecule has 0 fully saturated rings. The van der Waals surface area contributed by atoms with Crippen molar-refractivity contribution < 1.29 is 4.74 Å². The molecule has 1 aromatic carbocycles. The molecule has 0 aliphatic heterocycles. The van der Waals surface area contributed by atoms with Crippen molar-refractivity contribution in [2.24, 2.45) is 0 Å². The molecule has 1 heterocycles. The number of aromatic nitrogens is 1. The van der Waals surface area contributed by atoms with E-state index in [0.29, 0.717) is 6.04 Å². The summed E-state index contributed by atoms with van der Waals surface area (Å²) in [7, 11) is 3.68. The monoisotopic (exact) mass is 334 g/mol. The van der Waals surface area contributed by atoms with Gasteiger partial charge in [-0.15, -0.1) is 0 Å². The number of rotatable bonds is 6. The summed E-state index contributed by atoms with van der Waals surface area (Å²) in [6.45, 7) is 0. The van der Waals surface area contributed by atoms with E-state index in [1.165, 1.54) is 5.56 Å². The highest BCUT2D eigenvalue weighted by Gasteiger charge is 2.12. The molecule has 1 N–H and O–H groups in total. The van der Waals surface area contributed by atoms with Crippen LogP contribution in [0, 0.1) is 0 Å². The van der Waals surface area contributed by atoms with E-state index in [4.69, 9.17) is 4.74 Å². The summed E-state index contributed by atoms with van der Waals surface area (Å²) in [5, 5.41) is 3.36. The first-order chi connectivity index (χ1) is 9.72. The topological polar surface area (TPSA) is 34.2 Å². The predicted molar refractivity (Wildman–Crippen MR) is 85.2 cm³/mol. The Balaban J connectivity index is 2.10. The molecule has 0 saturated carbocycles. The molecule has 0 bridgehead atoms. The summed E-state index contributed by atoms with van der Waals surface area (Å²) in [6, 6.07) is 12.4. The van der Waals surface area contributed by atoms with Gasteiger partial charge in [0.2, 0.25) is 0 Å². The number of hydrogen-bond acceptors (Lipinski definition) is 3. The summed E-state index contributed by atoms with van der Waals surface area (Å²) in [6.07, 6.45) is 3.66. The zero-order valence-electron chi connectivity index (χ0n) is 11.8. The van der Waals surface area contributed by atoms with E-state index in [-0.39, 0.29) is 0 Å². The van der Waals surface area contributed by atoms with Crippen LogP contribution in [0.4, 0.5) is 0 Å². The van der Waals surface area contributed by atoms with Crippen LogP contribution in [0.5, 0.6) is 5.75 Å². The SMILES string of the molecule is CNC(Cc1ccccn1)Cc1cc(OC)ccc1Br. The molecular weight excluding hydrogens is 316 g/mol. The zero-order valence-corrected chi connectivity index (χ0v) is 13.4. The molecule has 0 aliphatic rings. The van der Waals surface area contributed by atoms with Gasteiger partial charge < -0.3 is 10.1 Å². The standard InChI is InChI=1S/C16H19BrN2O/c1-18-14(11-13-5-3-4-8-19-13)9-12-10-15(20-2)6-7-16(12)17/h3-8,10,14,18H,9,11H2,1-2H3. The van der Waals surface area contributed by atoms with Crippen LogP contribution in [0.15, 0.2) is 47.1 Å². The summed E-state index contributed by atoms with van der Waals surface area (Å²) < 4.78 is 6.40. The summed E-state index contributed by atoms with van der Waals surface area (Å²) in [5.74, 6) is 0.885. The zero-order chi connectivity index (χ0) is 14.4. The molecule has 4 heteroatoms. The lowest BCUT2D eigenvalue weighted by Crippen LogP contribution is -2.30. The van der Waals surface area contributed by atoms with Gasteiger partial charge in [0.25, 0.3) is 0 Å². The molecule has 3 nitrogen and oxygen atoms in total. The second-order valence-corrected chi connectivity index (χ2v) is 5.53. The Morgan fingerprint density at radius 3 is 2.75 bits per heavy atom. The Labute approximate surface area is 128 Å². The highest BCUT2D eigenvalue weighted by Crippen LogP contribution is 2.24. The highest BCUT2D eigenvalue weighted by atomic mass is 79.9. The molecule has 106 valence electrons. The number of ether oxygens (including phenoxy) is 1. The van der Waals surface area contributed by atoms with Gasteiger partial charge in [-0.25, -0.2) is 0 Å². The molecule has 2 rings (SSSR count). The number of hydrogen-bond donors (Lipinski definition) is 1. The molecule has 0 amide bonds. The quantitative estimate of drug-likeness (QED) is 0.880. The second kappa shape index (κ2) is 7.41. The van der Waals surface area contributed by atoms with Gasteiger partial charge in [-0.1, -0.05) is 22.0 Å². The fourth-order valence-corrected chi connectivity index (χ4v) is 2.56. The molecule has 0 aliphatic carbocycles. The maximum atomic E-state index is 5.29. The molecule has 1 unspecified atom stereocenters. The lowest BCUT2D eigenvalue weighted by atomic mass is 10.0. The van der Waals surface area contributed by atoms with Gasteiger partial charge in [0.05, 0.1) is 7.11 Å². The van der Waals surface area contributed by atoms with Crippen molar-refractivity contribution in [2.45, 2.75) is 18.9 Å². The van der Waals surface area contributed by atoms with Crippen LogP contribution in [0.3, 0.4) is 0 Å². The van der Waals surface area contributed by atoms with Gasteiger partial charge in [-0.3, -0.25) is 4.98 Å². The minimum Gasteiger partial charge on any atom is -0.497 e. The Bertz CT molecular complexity index is 545. The first-order valence-electron chi connectivity index (χ1n) is 6.62. The minimum absolute atomic E-state index is 0.341. The van der Waals surface area contributed by atoms with Gasteiger partial charge in [-0.05, 0) is 49.4 Å². The van der Waals surface area contributed by atoms with Crippen LogP contribution in [0.1, 0.15) is 11.3 Å². The Kier molecular flexibility index (Phi) is 5.56. The first kappa shape index (κ1) is 15.0. The number of likely N-dealkylation sites (N-methyl/N-ethyl adjacent to an activating group) is 1. The number of nitrogens with one attached hydrogen (secondary N) is 1. The van der Waals surface area contributed by atoms with Gasteiger partial charge in [0, 0.05) is 28.8 Å². The number of benzene rings is 1. The summed E-state index contributed by atoms with van der Waals surface area (Å²) in [5.41, 5.74) is 2.34. The van der Waals surface area contributed by atoms with Crippen molar-refractivity contribution in [3.63, 3.8) is 0 Å². The van der Waals surface area contributed by atoms with E-state index in [0.717, 1.165) is 28.8 Å². The van der Waals surface area contributed by atoms with Gasteiger partial charge in [0.1, 0.15) is 5.75 Å². The fraction of sp³-hybridized carbons (Fsp3) is 0.312. The van der Waals surface area contributed by atoms with E-state index in [1.807, 2.05) is 37.5 Å². The molecule has 0 saturated heterocycles. The maximum Gasteiger partial charge on any atom is 0.119 e. The van der Waals surface area contributed by atoms with Crippen LogP contribution in [-0.2, 0) is 12.8 Å². The lowest BCUT2D eigenvalue weighted by molar-refractivity contribution is 0.413. The number of halogens is 1. The third-order valence-electron chi connectivity index (χ3n) is 3.31. The maximum absolute atomic E-state index is 5.29. The van der Waals surface area contributed by atoms with Gasteiger partial charge in [-0.2, -0.15) is 0 Å². The summed E-state index contributed by atoms with van der Waals surface area (Å²) in [4.78, 5) is 4.39. The van der Waals surface area contributed by atoms with Gasteiger partial charge in [0.15, 0.2) is 0 Å². The molecule has 0 spiro atoms. The van der Waals surface area contributed by atoms with Crippen molar-refractivity contribution in [2.75, 3.05) is 14.2 Å². The number of methoxy groups -OCH3 is 1. The van der Waals surface area contributed by atoms with Crippen LogP contribution < -0.4 is 10.1 Å². The van der Waals surface area contributed by atoms with E-state index < -0.39 is 0 Å². The van der Waals surface area contributed by atoms with E-state index in [1.54, 1.807) is 7.11 Å². The number of pyridine rings is 1. The third-order valence-corrected chi connectivity index (χ3v) is 4.08. The van der Waals surface area contributed by atoms with E-state index in [2.05, 4.69) is 38.4 Å². The highest BCUT2D eigenvalue weighted by molar-refractivity contribution is 9.10. The minimum atomic E-state index is 0.341. The largest absolute Gasteiger partial charge is 0.497 e. The predicted octanol–water partition coefficient (Wildman–Crippen LogP) is 3.23. The Morgan fingerprint density at radius 2 is 2.10 bits per heavy atom. The first-order valence-corrected chi connectivity index (χ1v) is 7.42. The summed E-state index contributed by atoms with van der Waals surface area (Å²) >= 11 is 3.60. The van der Waals surface area contributed by atoms with Crippen molar-refractivity contribution in [1.82, 2.24) is 10.3 Å². The smallest absolute Gasteiger partial charge is 0.119 e. The normalized spacial score (nSPS) is 12.2. The Morgan fingerprint density at radius 1 is 1.25 bits per heavy atom. The molecule has 20 heavy (non-hydrogen) atoms. The van der Waals surface area contributed by atoms with Crippen molar-refractivity contribution in [3.8, 4) is 5.75 Å². The molecule has 0 radical (unpaired) electrons. The van der Waals surface area contributed by atoms with E-state index in [9.17, 15) is 0 Å². The van der Waals surface area contributed by atoms with Crippen LogP contribution in [0.2, 0.25) is 0 Å². The molecule has 1 atom stereocenters. The molecular formula is C16H19BrN2O. The second-order valence-electron chi connectivity index (χ2n) is 4.67. The van der Waals surface area contributed by atoms with Crippen molar-refractivity contribution in [3.05, 3.63) is 58.3 Å². The average molecular weight is 335 g/mol. The van der Waals surface area contributed by atoms with Crippen LogP contribution in [0.25, 0.3) is 0 Å². The van der Waals surface area contributed by atoms with E-state index >= 15 is 0 Å². The number of nitrogens with zero attached hydrogens (tertiary/aromatic N) is 1. The van der Waals surface area contributed by atoms with Crippen molar-refractivity contribution >= 4 is 15.9 Å². The van der Waals surface area contributed by atoms with Gasteiger partial charge >= 0.3 is 0 Å². The van der Waals surface area contributed by atoms with Crippen LogP contribution in [-0.4, -0.2) is 25.2 Å². The molecule has 1 aromatic heterocycles. The molecule has 2 aromatic rings. The Hall–Kier alpha value is -1.39. The average Bonchev–Trinajstić information content (AvgIpc) is 2.49.